The van der Waals surface area contributed by atoms with Crippen molar-refractivity contribution in [2.45, 2.75) is 13.5 Å². The molecule has 0 aliphatic carbocycles. The van der Waals surface area contributed by atoms with Crippen molar-refractivity contribution in [2.75, 3.05) is 12.4 Å². The summed E-state index contributed by atoms with van der Waals surface area (Å²) in [4.78, 5) is 40.4. The maximum absolute atomic E-state index is 12.5. The zero-order chi connectivity index (χ0) is 18.7. The van der Waals surface area contributed by atoms with Crippen LogP contribution >= 0.6 is 0 Å². The molecule has 1 amide bonds. The van der Waals surface area contributed by atoms with Gasteiger partial charge in [0.1, 0.15) is 6.54 Å². The molecule has 0 atom stereocenters. The number of carbonyl (C=O) groups excluding carboxylic acids is 2. The molecule has 0 aliphatic heterocycles. The molecule has 0 spiro atoms. The number of hydrogen-bond donors (Lipinski definition) is 1. The molecule has 1 aromatic heterocycles. The molecule has 0 unspecified atom stereocenters. The van der Waals surface area contributed by atoms with E-state index in [-0.39, 0.29) is 18.0 Å². The van der Waals surface area contributed by atoms with Crippen LogP contribution < -0.4 is 10.9 Å². The van der Waals surface area contributed by atoms with E-state index in [9.17, 15) is 14.4 Å². The number of methoxy groups -OCH3 is 1. The second-order valence-electron chi connectivity index (χ2n) is 5.69. The standard InChI is InChI=1S/C19H17N3O4/c1-12-13(19(25)26-2)6-5-8-14(12)21-17(23)11-22-16-9-4-3-7-15(16)20-10-18(22)24/h3-10H,11H2,1-2H3,(H,21,23). The second kappa shape index (κ2) is 7.18. The zero-order valence-electron chi connectivity index (χ0n) is 14.4. The van der Waals surface area contributed by atoms with Crippen molar-refractivity contribution in [2.24, 2.45) is 0 Å². The van der Waals surface area contributed by atoms with Crippen LogP contribution in [0.1, 0.15) is 15.9 Å². The molecule has 1 N–H and O–H groups in total. The number of hydrogen-bond acceptors (Lipinski definition) is 5. The summed E-state index contributed by atoms with van der Waals surface area (Å²) in [7, 11) is 1.30. The van der Waals surface area contributed by atoms with Gasteiger partial charge in [-0.05, 0) is 36.8 Å². The Hall–Kier alpha value is -3.48. The van der Waals surface area contributed by atoms with Crippen LogP contribution in [-0.2, 0) is 16.1 Å². The number of amides is 1. The van der Waals surface area contributed by atoms with Crippen molar-refractivity contribution in [3.8, 4) is 0 Å². The van der Waals surface area contributed by atoms with Gasteiger partial charge in [0.05, 0.1) is 29.9 Å². The van der Waals surface area contributed by atoms with Gasteiger partial charge in [-0.15, -0.1) is 0 Å². The first kappa shape index (κ1) is 17.3. The molecule has 0 saturated carbocycles. The number of rotatable bonds is 4. The monoisotopic (exact) mass is 351 g/mol. The van der Waals surface area contributed by atoms with E-state index in [0.717, 1.165) is 0 Å². The van der Waals surface area contributed by atoms with Crippen LogP contribution in [0.25, 0.3) is 11.0 Å². The number of nitrogens with one attached hydrogen (secondary N) is 1. The number of anilines is 1. The normalized spacial score (nSPS) is 10.5. The minimum atomic E-state index is -0.477. The largest absolute Gasteiger partial charge is 0.465 e. The fraction of sp³-hybridized carbons (Fsp3) is 0.158. The van der Waals surface area contributed by atoms with Gasteiger partial charge in [-0.3, -0.25) is 14.2 Å². The Labute approximate surface area is 149 Å². The lowest BCUT2D eigenvalue weighted by molar-refractivity contribution is -0.116. The van der Waals surface area contributed by atoms with E-state index in [4.69, 9.17) is 4.74 Å². The lowest BCUT2D eigenvalue weighted by atomic mass is 10.1. The number of para-hydroxylation sites is 2. The average Bonchev–Trinajstić information content (AvgIpc) is 2.65. The quantitative estimate of drug-likeness (QED) is 0.727. The van der Waals surface area contributed by atoms with Gasteiger partial charge in [0.25, 0.3) is 5.56 Å². The Bertz CT molecular complexity index is 1060. The van der Waals surface area contributed by atoms with E-state index in [0.29, 0.717) is 27.8 Å². The van der Waals surface area contributed by atoms with Crippen molar-refractivity contribution < 1.29 is 14.3 Å². The van der Waals surface area contributed by atoms with Gasteiger partial charge >= 0.3 is 5.97 Å². The number of nitrogens with zero attached hydrogens (tertiary/aromatic N) is 2. The average molecular weight is 351 g/mol. The third-order valence-electron chi connectivity index (χ3n) is 4.07. The highest BCUT2D eigenvalue weighted by Crippen LogP contribution is 2.20. The van der Waals surface area contributed by atoms with Crippen LogP contribution in [0.5, 0.6) is 0 Å². The predicted octanol–water partition coefficient (Wildman–Crippen LogP) is 2.13. The molecule has 0 fully saturated rings. The van der Waals surface area contributed by atoms with Gasteiger partial charge < -0.3 is 10.1 Å². The number of carbonyl (C=O) groups is 2. The van der Waals surface area contributed by atoms with E-state index in [1.165, 1.54) is 17.9 Å². The minimum Gasteiger partial charge on any atom is -0.465 e. The molecule has 0 radical (unpaired) electrons. The molecular formula is C19H17N3O4. The maximum Gasteiger partial charge on any atom is 0.338 e. The van der Waals surface area contributed by atoms with Crippen molar-refractivity contribution in [1.82, 2.24) is 9.55 Å². The molecule has 7 heteroatoms. The second-order valence-corrected chi connectivity index (χ2v) is 5.69. The Morgan fingerprint density at radius 2 is 1.92 bits per heavy atom. The first-order valence-corrected chi connectivity index (χ1v) is 7.93. The van der Waals surface area contributed by atoms with Gasteiger partial charge in [-0.1, -0.05) is 18.2 Å². The summed E-state index contributed by atoms with van der Waals surface area (Å²) in [6.07, 6.45) is 1.19. The molecule has 3 rings (SSSR count). The third-order valence-corrected chi connectivity index (χ3v) is 4.07. The van der Waals surface area contributed by atoms with Crippen LogP contribution in [0.4, 0.5) is 5.69 Å². The van der Waals surface area contributed by atoms with E-state index in [1.807, 2.05) is 6.07 Å². The van der Waals surface area contributed by atoms with Gasteiger partial charge in [0, 0.05) is 5.69 Å². The molecule has 3 aromatic rings. The minimum absolute atomic E-state index is 0.163. The molecule has 132 valence electrons. The highest BCUT2D eigenvalue weighted by Gasteiger charge is 2.14. The highest BCUT2D eigenvalue weighted by molar-refractivity contribution is 5.97. The van der Waals surface area contributed by atoms with Gasteiger partial charge in [0.2, 0.25) is 5.91 Å². The summed E-state index contributed by atoms with van der Waals surface area (Å²) in [5.74, 6) is -0.858. The molecular weight excluding hydrogens is 334 g/mol. The number of ether oxygens (including phenoxy) is 1. The lowest BCUT2D eigenvalue weighted by Crippen LogP contribution is -2.28. The van der Waals surface area contributed by atoms with Crippen LogP contribution in [0.15, 0.2) is 53.5 Å². The molecule has 0 saturated heterocycles. The Morgan fingerprint density at radius 3 is 2.69 bits per heavy atom. The van der Waals surface area contributed by atoms with Crippen molar-refractivity contribution in [1.29, 1.82) is 0 Å². The Morgan fingerprint density at radius 1 is 1.15 bits per heavy atom. The number of aromatic nitrogens is 2. The Balaban J connectivity index is 1.88. The van der Waals surface area contributed by atoms with Crippen LogP contribution in [-0.4, -0.2) is 28.5 Å². The van der Waals surface area contributed by atoms with Crippen molar-refractivity contribution in [3.63, 3.8) is 0 Å². The van der Waals surface area contributed by atoms with E-state index in [1.54, 1.807) is 43.3 Å². The fourth-order valence-corrected chi connectivity index (χ4v) is 2.71. The number of esters is 1. The molecule has 0 aliphatic rings. The van der Waals surface area contributed by atoms with Crippen LogP contribution in [0.2, 0.25) is 0 Å². The first-order chi connectivity index (χ1) is 12.5. The van der Waals surface area contributed by atoms with E-state index in [2.05, 4.69) is 10.3 Å². The topological polar surface area (TPSA) is 90.3 Å². The van der Waals surface area contributed by atoms with E-state index >= 15 is 0 Å². The summed E-state index contributed by atoms with van der Waals surface area (Å²) >= 11 is 0. The smallest absolute Gasteiger partial charge is 0.338 e. The molecule has 2 aromatic carbocycles. The summed E-state index contributed by atoms with van der Waals surface area (Å²) in [5, 5.41) is 2.74. The first-order valence-electron chi connectivity index (χ1n) is 7.93. The third kappa shape index (κ3) is 3.32. The fourth-order valence-electron chi connectivity index (χ4n) is 2.71. The molecule has 0 bridgehead atoms. The molecule has 1 heterocycles. The number of benzene rings is 2. The molecule has 26 heavy (non-hydrogen) atoms. The van der Waals surface area contributed by atoms with Crippen molar-refractivity contribution >= 4 is 28.6 Å². The van der Waals surface area contributed by atoms with E-state index < -0.39 is 5.97 Å². The zero-order valence-corrected chi connectivity index (χ0v) is 14.4. The van der Waals surface area contributed by atoms with Gasteiger partial charge in [-0.25, -0.2) is 9.78 Å². The van der Waals surface area contributed by atoms with Crippen LogP contribution in [0, 0.1) is 6.92 Å². The van der Waals surface area contributed by atoms with Crippen molar-refractivity contribution in [3.05, 3.63) is 70.1 Å². The van der Waals surface area contributed by atoms with Gasteiger partial charge in [-0.2, -0.15) is 0 Å². The maximum atomic E-state index is 12.5. The Kier molecular flexibility index (Phi) is 4.79. The molecule has 7 nitrogen and oxygen atoms in total. The van der Waals surface area contributed by atoms with Crippen LogP contribution in [0.3, 0.4) is 0 Å². The van der Waals surface area contributed by atoms with Gasteiger partial charge in [0.15, 0.2) is 0 Å². The summed E-state index contributed by atoms with van der Waals surface area (Å²) in [6, 6.07) is 12.1. The predicted molar refractivity (Wildman–Crippen MR) is 97.2 cm³/mol. The summed E-state index contributed by atoms with van der Waals surface area (Å²) in [5.41, 5.74) is 2.30. The summed E-state index contributed by atoms with van der Waals surface area (Å²) < 4.78 is 6.09. The highest BCUT2D eigenvalue weighted by atomic mass is 16.5. The SMILES string of the molecule is COC(=O)c1cccc(NC(=O)Cn2c(=O)cnc3ccccc32)c1C. The summed E-state index contributed by atoms with van der Waals surface area (Å²) in [6.45, 7) is 1.56. The number of fused-ring (bicyclic) bond motifs is 1. The lowest BCUT2D eigenvalue weighted by Gasteiger charge is -2.13.